The van der Waals surface area contributed by atoms with Gasteiger partial charge in [-0.25, -0.2) is 4.79 Å². The molecule has 1 aromatic rings. The first-order chi connectivity index (χ1) is 12.1. The van der Waals surface area contributed by atoms with E-state index in [4.69, 9.17) is 21.6 Å². The summed E-state index contributed by atoms with van der Waals surface area (Å²) in [4.78, 5) is 35.9. The third-order valence-electron chi connectivity index (χ3n) is 3.95. The quantitative estimate of drug-likeness (QED) is 0.705. The van der Waals surface area contributed by atoms with Crippen LogP contribution in [0.1, 0.15) is 38.1 Å². The lowest BCUT2D eigenvalue weighted by atomic mass is 9.90. The molecule has 2 atom stereocenters. The van der Waals surface area contributed by atoms with Gasteiger partial charge >= 0.3 is 5.97 Å². The van der Waals surface area contributed by atoms with Crippen LogP contribution < -0.4 is 10.6 Å². The van der Waals surface area contributed by atoms with Crippen molar-refractivity contribution in [2.75, 3.05) is 6.61 Å². The fourth-order valence-corrected chi connectivity index (χ4v) is 2.09. The van der Waals surface area contributed by atoms with Crippen LogP contribution >= 0.6 is 11.6 Å². The highest BCUT2D eigenvalue weighted by molar-refractivity contribution is 6.33. The molecule has 2 unspecified atom stereocenters. The summed E-state index contributed by atoms with van der Waals surface area (Å²) in [6.45, 7) is 6.06. The number of ether oxygens (including phenoxy) is 1. The lowest BCUT2D eigenvalue weighted by molar-refractivity contribution is -0.150. The van der Waals surface area contributed by atoms with Gasteiger partial charge in [-0.3, -0.25) is 9.59 Å². The number of hydrogen-bond acceptors (Lipinski definition) is 5. The van der Waals surface area contributed by atoms with Crippen molar-refractivity contribution >= 4 is 29.4 Å². The molecule has 0 aromatic heterocycles. The maximum Gasteiger partial charge on any atom is 0.328 e. The third kappa shape index (κ3) is 5.74. The number of benzene rings is 1. The minimum Gasteiger partial charge on any atom is -0.454 e. The van der Waals surface area contributed by atoms with Gasteiger partial charge < -0.3 is 15.4 Å². The van der Waals surface area contributed by atoms with Gasteiger partial charge in [0.05, 0.1) is 16.7 Å². The summed E-state index contributed by atoms with van der Waals surface area (Å²) < 4.78 is 4.89. The van der Waals surface area contributed by atoms with E-state index in [0.29, 0.717) is 0 Å². The molecule has 8 heteroatoms. The first kappa shape index (κ1) is 21.5. The molecule has 0 aliphatic carbocycles. The zero-order chi connectivity index (χ0) is 19.9. The number of carbonyl (C=O) groups is 3. The fraction of sp³-hybridized carbons (Fsp3) is 0.444. The predicted molar refractivity (Wildman–Crippen MR) is 96.3 cm³/mol. The molecule has 0 radical (unpaired) electrons. The maximum atomic E-state index is 12.1. The van der Waals surface area contributed by atoms with E-state index in [1.807, 2.05) is 6.07 Å². The largest absolute Gasteiger partial charge is 0.454 e. The third-order valence-corrected chi connectivity index (χ3v) is 4.28. The molecule has 0 aliphatic rings. The molecular formula is C18H22ClN3O4. The van der Waals surface area contributed by atoms with E-state index in [-0.39, 0.29) is 16.5 Å². The van der Waals surface area contributed by atoms with Crippen molar-refractivity contribution < 1.29 is 19.1 Å². The van der Waals surface area contributed by atoms with Crippen LogP contribution in [-0.2, 0) is 14.3 Å². The van der Waals surface area contributed by atoms with Gasteiger partial charge in [-0.1, -0.05) is 37.6 Å². The zero-order valence-electron chi connectivity index (χ0n) is 15.1. The summed E-state index contributed by atoms with van der Waals surface area (Å²) in [5.74, 6) is -2.02. The van der Waals surface area contributed by atoms with Gasteiger partial charge in [-0.2, -0.15) is 5.26 Å². The van der Waals surface area contributed by atoms with Crippen molar-refractivity contribution in [3.05, 3.63) is 34.9 Å². The lowest BCUT2D eigenvalue weighted by Gasteiger charge is -2.27. The molecular weight excluding hydrogens is 358 g/mol. The summed E-state index contributed by atoms with van der Waals surface area (Å²) in [6.07, 6.45) is 0. The van der Waals surface area contributed by atoms with Crippen LogP contribution in [0.15, 0.2) is 24.3 Å². The molecule has 1 rings (SSSR count). The Kier molecular flexibility index (Phi) is 7.59. The average molecular weight is 380 g/mol. The molecule has 0 fully saturated rings. The normalized spacial score (nSPS) is 13.9. The number of nitriles is 1. The van der Waals surface area contributed by atoms with Gasteiger partial charge in [-0.05, 0) is 31.9 Å². The summed E-state index contributed by atoms with van der Waals surface area (Å²) in [5.41, 5.74) is -0.832. The smallest absolute Gasteiger partial charge is 0.328 e. The van der Waals surface area contributed by atoms with Crippen LogP contribution in [-0.4, -0.2) is 36.0 Å². The van der Waals surface area contributed by atoms with Gasteiger partial charge in [0.25, 0.3) is 11.8 Å². The van der Waals surface area contributed by atoms with Crippen molar-refractivity contribution in [1.29, 1.82) is 5.26 Å². The Labute approximate surface area is 157 Å². The van der Waals surface area contributed by atoms with E-state index in [1.54, 1.807) is 39.0 Å². The van der Waals surface area contributed by atoms with Gasteiger partial charge in [0.1, 0.15) is 11.6 Å². The minimum absolute atomic E-state index is 0.124. The van der Waals surface area contributed by atoms with Crippen molar-refractivity contribution in [2.24, 2.45) is 5.92 Å². The molecule has 2 N–H and O–H groups in total. The van der Waals surface area contributed by atoms with Crippen LogP contribution in [0.5, 0.6) is 0 Å². The molecule has 140 valence electrons. The average Bonchev–Trinajstić information content (AvgIpc) is 2.59. The summed E-state index contributed by atoms with van der Waals surface area (Å²) in [5, 5.41) is 14.4. The Bertz CT molecular complexity index is 729. The predicted octanol–water partition coefficient (Wildman–Crippen LogP) is 2.06. The van der Waals surface area contributed by atoms with E-state index >= 15 is 0 Å². The number of rotatable bonds is 7. The van der Waals surface area contributed by atoms with Gasteiger partial charge in [0, 0.05) is 0 Å². The first-order valence-electron chi connectivity index (χ1n) is 8.05. The Hall–Kier alpha value is -2.59. The minimum atomic E-state index is -1.06. The molecule has 0 aliphatic heterocycles. The molecule has 0 saturated heterocycles. The fourth-order valence-electron chi connectivity index (χ4n) is 1.87. The Morgan fingerprint density at radius 2 is 1.88 bits per heavy atom. The Morgan fingerprint density at radius 3 is 2.42 bits per heavy atom. The molecule has 0 heterocycles. The zero-order valence-corrected chi connectivity index (χ0v) is 15.9. The topological polar surface area (TPSA) is 108 Å². The van der Waals surface area contributed by atoms with Crippen LogP contribution in [0.4, 0.5) is 0 Å². The molecule has 2 amide bonds. The Morgan fingerprint density at radius 1 is 1.27 bits per heavy atom. The van der Waals surface area contributed by atoms with Crippen molar-refractivity contribution in [3.8, 4) is 6.07 Å². The highest BCUT2D eigenvalue weighted by Gasteiger charge is 2.30. The van der Waals surface area contributed by atoms with Crippen LogP contribution in [0.3, 0.4) is 0 Å². The lowest BCUT2D eigenvalue weighted by Crippen LogP contribution is -2.50. The second-order valence-electron chi connectivity index (χ2n) is 6.30. The second-order valence-corrected chi connectivity index (χ2v) is 6.71. The number of nitrogens with one attached hydrogen (secondary N) is 2. The van der Waals surface area contributed by atoms with E-state index in [1.165, 1.54) is 13.0 Å². The number of hydrogen-bond donors (Lipinski definition) is 2. The number of nitrogens with zero attached hydrogens (tertiary/aromatic N) is 1. The van der Waals surface area contributed by atoms with Crippen molar-refractivity contribution in [1.82, 2.24) is 10.6 Å². The standard InChI is InChI=1S/C18H22ClN3O4/c1-11(2)18(4,10-20)22-15(23)9-26-17(25)12(3)21-16(24)13-7-5-6-8-14(13)19/h5-8,11-12H,9H2,1-4H3,(H,21,24)(H,22,23). The molecule has 7 nitrogen and oxygen atoms in total. The van der Waals surface area contributed by atoms with Crippen molar-refractivity contribution in [2.45, 2.75) is 39.3 Å². The Balaban J connectivity index is 2.55. The second kappa shape index (κ2) is 9.20. The highest BCUT2D eigenvalue weighted by Crippen LogP contribution is 2.15. The van der Waals surface area contributed by atoms with Gasteiger partial charge in [-0.15, -0.1) is 0 Å². The summed E-state index contributed by atoms with van der Waals surface area (Å²) >= 11 is 5.93. The number of halogens is 1. The van der Waals surface area contributed by atoms with Crippen LogP contribution in [0, 0.1) is 17.2 Å². The molecule has 0 bridgehead atoms. The van der Waals surface area contributed by atoms with E-state index in [0.717, 1.165) is 0 Å². The van der Waals surface area contributed by atoms with Gasteiger partial charge in [0.2, 0.25) is 0 Å². The SMILES string of the molecule is CC(NC(=O)c1ccccc1Cl)C(=O)OCC(=O)NC(C)(C#N)C(C)C. The number of esters is 1. The van der Waals surface area contributed by atoms with Crippen LogP contribution in [0.25, 0.3) is 0 Å². The molecule has 26 heavy (non-hydrogen) atoms. The van der Waals surface area contributed by atoms with Gasteiger partial charge in [0.15, 0.2) is 6.61 Å². The summed E-state index contributed by atoms with van der Waals surface area (Å²) in [6, 6.07) is 7.47. The maximum absolute atomic E-state index is 12.1. The van der Waals surface area contributed by atoms with Crippen LogP contribution in [0.2, 0.25) is 5.02 Å². The number of amides is 2. The summed E-state index contributed by atoms with van der Waals surface area (Å²) in [7, 11) is 0. The highest BCUT2D eigenvalue weighted by atomic mass is 35.5. The monoisotopic (exact) mass is 379 g/mol. The van der Waals surface area contributed by atoms with E-state index < -0.39 is 36.0 Å². The van der Waals surface area contributed by atoms with Crippen molar-refractivity contribution in [3.63, 3.8) is 0 Å². The molecule has 1 aromatic carbocycles. The first-order valence-corrected chi connectivity index (χ1v) is 8.42. The molecule has 0 spiro atoms. The van der Waals surface area contributed by atoms with E-state index in [2.05, 4.69) is 10.6 Å². The number of carbonyl (C=O) groups excluding carboxylic acids is 3. The molecule has 0 saturated carbocycles. The van der Waals surface area contributed by atoms with E-state index in [9.17, 15) is 14.4 Å².